The Kier molecular flexibility index (Phi) is 6.12. The third-order valence-corrected chi connectivity index (χ3v) is 6.82. The number of anilines is 1. The molecule has 1 aromatic carbocycles. The fraction of sp³-hybridized carbons (Fsp3) is 0.385. The first-order valence-electron chi connectivity index (χ1n) is 12.4. The molecule has 0 radical (unpaired) electrons. The van der Waals surface area contributed by atoms with Crippen LogP contribution in [0.25, 0.3) is 28.2 Å². The van der Waals surface area contributed by atoms with Crippen molar-refractivity contribution in [1.29, 1.82) is 0 Å². The molecule has 0 saturated carbocycles. The maximum atomic E-state index is 13.0. The summed E-state index contributed by atoms with van der Waals surface area (Å²) in [6, 6.07) is 11.9. The van der Waals surface area contributed by atoms with Gasteiger partial charge in [-0.25, -0.2) is 9.67 Å². The number of nitrogens with zero attached hydrogens (tertiary/aromatic N) is 6. The van der Waals surface area contributed by atoms with Crippen LogP contribution in [-0.4, -0.2) is 83.0 Å². The zero-order valence-electron chi connectivity index (χ0n) is 20.3. The number of amides is 1. The summed E-state index contributed by atoms with van der Waals surface area (Å²) in [5.41, 5.74) is 3.11. The highest BCUT2D eigenvalue weighted by Crippen LogP contribution is 2.29. The number of morpholine rings is 1. The lowest BCUT2D eigenvalue weighted by atomic mass is 10.1. The van der Waals surface area contributed by atoms with Crippen molar-refractivity contribution in [3.8, 4) is 17.1 Å². The number of likely N-dealkylation sites (tertiary alicyclic amines) is 1. The normalized spacial score (nSPS) is 17.5. The van der Waals surface area contributed by atoms with E-state index >= 15 is 0 Å². The van der Waals surface area contributed by atoms with Gasteiger partial charge in [-0.1, -0.05) is 30.3 Å². The highest BCUT2D eigenvalue weighted by molar-refractivity contribution is 5.97. The van der Waals surface area contributed by atoms with Crippen LogP contribution in [0.15, 0.2) is 53.2 Å². The van der Waals surface area contributed by atoms with Crippen molar-refractivity contribution < 1.29 is 13.9 Å². The standard InChI is InChI=1S/C26H29N7O3/c1-31-9-7-20(8-10-31)28-25(34)22-15-21-23(36-22)24(32-11-13-35-14-12-32)30-26(29-21)33-17-19(16-27-33)18-5-3-2-4-6-18/h2-6,15-17,20H,7-14H2,1H3,(H,28,34). The van der Waals surface area contributed by atoms with E-state index in [4.69, 9.17) is 19.1 Å². The molecule has 10 nitrogen and oxygen atoms in total. The fourth-order valence-electron chi connectivity index (χ4n) is 4.73. The molecule has 2 aliphatic rings. The first kappa shape index (κ1) is 22.7. The van der Waals surface area contributed by atoms with E-state index < -0.39 is 0 Å². The minimum Gasteiger partial charge on any atom is -0.445 e. The minimum absolute atomic E-state index is 0.141. The molecule has 0 unspecified atom stereocenters. The molecule has 0 aliphatic carbocycles. The number of carbonyl (C=O) groups is 1. The molecule has 4 aromatic rings. The van der Waals surface area contributed by atoms with Crippen LogP contribution in [0.2, 0.25) is 0 Å². The van der Waals surface area contributed by atoms with E-state index in [1.54, 1.807) is 16.9 Å². The van der Waals surface area contributed by atoms with Crippen LogP contribution in [0.3, 0.4) is 0 Å². The summed E-state index contributed by atoms with van der Waals surface area (Å²) < 4.78 is 13.3. The molecule has 2 saturated heterocycles. The van der Waals surface area contributed by atoms with Gasteiger partial charge in [-0.15, -0.1) is 0 Å². The Labute approximate surface area is 208 Å². The van der Waals surface area contributed by atoms with Crippen LogP contribution in [-0.2, 0) is 4.74 Å². The predicted octanol–water partition coefficient (Wildman–Crippen LogP) is 2.74. The number of aromatic nitrogens is 4. The summed E-state index contributed by atoms with van der Waals surface area (Å²) in [6.07, 6.45) is 5.56. The quantitative estimate of drug-likeness (QED) is 0.459. The average Bonchev–Trinajstić information content (AvgIpc) is 3.58. The van der Waals surface area contributed by atoms with E-state index in [9.17, 15) is 4.79 Å². The number of carbonyl (C=O) groups excluding carboxylic acids is 1. The molecule has 0 bridgehead atoms. The Hall–Kier alpha value is -3.76. The maximum Gasteiger partial charge on any atom is 0.287 e. The maximum absolute atomic E-state index is 13.0. The number of furan rings is 1. The highest BCUT2D eigenvalue weighted by Gasteiger charge is 2.25. The van der Waals surface area contributed by atoms with Crippen molar-refractivity contribution >= 4 is 22.8 Å². The Bertz CT molecular complexity index is 1350. The van der Waals surface area contributed by atoms with Crippen LogP contribution in [0.1, 0.15) is 23.4 Å². The lowest BCUT2D eigenvalue weighted by molar-refractivity contribution is 0.0891. The van der Waals surface area contributed by atoms with E-state index in [2.05, 4.69) is 27.3 Å². The number of nitrogens with one attached hydrogen (secondary N) is 1. The van der Waals surface area contributed by atoms with Crippen LogP contribution in [0, 0.1) is 0 Å². The Morgan fingerprint density at radius 1 is 1.03 bits per heavy atom. The molecule has 1 N–H and O–H groups in total. The lowest BCUT2D eigenvalue weighted by Gasteiger charge is -2.29. The number of piperidine rings is 1. The van der Waals surface area contributed by atoms with Gasteiger partial charge in [0.2, 0.25) is 0 Å². The number of hydrogen-bond acceptors (Lipinski definition) is 8. The molecular formula is C26H29N7O3. The molecule has 2 aliphatic heterocycles. The van der Waals surface area contributed by atoms with E-state index in [0.29, 0.717) is 49.2 Å². The monoisotopic (exact) mass is 487 g/mol. The zero-order valence-corrected chi connectivity index (χ0v) is 20.3. The molecule has 3 aromatic heterocycles. The minimum atomic E-state index is -0.220. The van der Waals surface area contributed by atoms with Crippen molar-refractivity contribution in [3.63, 3.8) is 0 Å². The number of benzene rings is 1. The summed E-state index contributed by atoms with van der Waals surface area (Å²) in [5.74, 6) is 1.10. The molecule has 0 spiro atoms. The van der Waals surface area contributed by atoms with Gasteiger partial charge in [-0.05, 0) is 38.5 Å². The highest BCUT2D eigenvalue weighted by atomic mass is 16.5. The van der Waals surface area contributed by atoms with Crippen molar-refractivity contribution in [2.45, 2.75) is 18.9 Å². The molecule has 0 atom stereocenters. The van der Waals surface area contributed by atoms with Crippen molar-refractivity contribution in [3.05, 3.63) is 54.6 Å². The Morgan fingerprint density at radius 2 is 1.81 bits per heavy atom. The lowest BCUT2D eigenvalue weighted by Crippen LogP contribution is -2.43. The van der Waals surface area contributed by atoms with Gasteiger partial charge >= 0.3 is 0 Å². The third-order valence-electron chi connectivity index (χ3n) is 6.82. The fourth-order valence-corrected chi connectivity index (χ4v) is 4.73. The van der Waals surface area contributed by atoms with E-state index in [1.807, 2.05) is 36.5 Å². The molecular weight excluding hydrogens is 458 g/mol. The van der Waals surface area contributed by atoms with Gasteiger partial charge in [0, 0.05) is 37.0 Å². The second-order valence-corrected chi connectivity index (χ2v) is 9.36. The van der Waals surface area contributed by atoms with Crippen LogP contribution < -0.4 is 10.2 Å². The SMILES string of the molecule is CN1CCC(NC(=O)c2cc3nc(-n4cc(-c5ccccc5)cn4)nc(N4CCOCC4)c3o2)CC1. The van der Waals surface area contributed by atoms with Crippen molar-refractivity contribution in [2.24, 2.45) is 0 Å². The zero-order chi connectivity index (χ0) is 24.5. The topological polar surface area (TPSA) is 102 Å². The Morgan fingerprint density at radius 3 is 2.58 bits per heavy atom. The summed E-state index contributed by atoms with van der Waals surface area (Å²) >= 11 is 0. The number of hydrogen-bond donors (Lipinski definition) is 1. The van der Waals surface area contributed by atoms with Gasteiger partial charge in [-0.2, -0.15) is 10.1 Å². The van der Waals surface area contributed by atoms with Crippen molar-refractivity contribution in [1.82, 2.24) is 30.0 Å². The predicted molar refractivity (Wildman–Crippen MR) is 135 cm³/mol. The first-order valence-corrected chi connectivity index (χ1v) is 12.4. The molecule has 6 rings (SSSR count). The molecule has 5 heterocycles. The summed E-state index contributed by atoms with van der Waals surface area (Å²) in [6.45, 7) is 4.50. The number of ether oxygens (including phenoxy) is 1. The summed E-state index contributed by atoms with van der Waals surface area (Å²) in [5, 5.41) is 7.64. The van der Waals surface area contributed by atoms with Gasteiger partial charge in [0.05, 0.1) is 19.4 Å². The van der Waals surface area contributed by atoms with Gasteiger partial charge in [-0.3, -0.25) is 4.79 Å². The summed E-state index contributed by atoms with van der Waals surface area (Å²) in [4.78, 5) is 27.0. The second kappa shape index (κ2) is 9.71. The second-order valence-electron chi connectivity index (χ2n) is 9.36. The molecule has 1 amide bonds. The molecule has 10 heteroatoms. The summed E-state index contributed by atoms with van der Waals surface area (Å²) in [7, 11) is 2.10. The van der Waals surface area contributed by atoms with Gasteiger partial charge in [0.15, 0.2) is 17.2 Å². The van der Waals surface area contributed by atoms with Gasteiger partial charge < -0.3 is 24.3 Å². The number of fused-ring (bicyclic) bond motifs is 1. The average molecular weight is 488 g/mol. The van der Waals surface area contributed by atoms with E-state index in [1.165, 1.54) is 0 Å². The van der Waals surface area contributed by atoms with Crippen LogP contribution >= 0.6 is 0 Å². The van der Waals surface area contributed by atoms with Crippen LogP contribution in [0.5, 0.6) is 0 Å². The molecule has 2 fully saturated rings. The largest absolute Gasteiger partial charge is 0.445 e. The smallest absolute Gasteiger partial charge is 0.287 e. The van der Waals surface area contributed by atoms with E-state index in [-0.39, 0.29) is 17.7 Å². The molecule has 186 valence electrons. The van der Waals surface area contributed by atoms with E-state index in [0.717, 1.165) is 37.1 Å². The Balaban J connectivity index is 1.35. The first-order chi connectivity index (χ1) is 17.6. The third kappa shape index (κ3) is 4.57. The van der Waals surface area contributed by atoms with Gasteiger partial charge in [0.25, 0.3) is 11.9 Å². The van der Waals surface area contributed by atoms with Gasteiger partial charge in [0.1, 0.15) is 5.52 Å². The van der Waals surface area contributed by atoms with Crippen molar-refractivity contribution in [2.75, 3.05) is 51.3 Å². The molecule has 36 heavy (non-hydrogen) atoms. The number of rotatable bonds is 5. The van der Waals surface area contributed by atoms with Crippen LogP contribution in [0.4, 0.5) is 5.82 Å².